The number of ether oxygens (including phenoxy) is 7. The molecule has 132 heavy (non-hydrogen) atoms. The molecular weight excluding hydrogens is 1690 g/mol. The van der Waals surface area contributed by atoms with Crippen LogP contribution in [0.5, 0.6) is 11.5 Å². The number of nitro benzene ring substituents is 2. The van der Waals surface area contributed by atoms with Crippen LogP contribution >= 0.6 is 0 Å². The molecule has 8 aromatic carbocycles. The zero-order valence-electron chi connectivity index (χ0n) is 74.1. The third-order valence-electron chi connectivity index (χ3n) is 21.6. The molecule has 0 aliphatic heterocycles. The number of anilines is 2. The lowest BCUT2D eigenvalue weighted by Crippen LogP contribution is -2.38. The van der Waals surface area contributed by atoms with E-state index in [4.69, 9.17) is 33.2 Å². The van der Waals surface area contributed by atoms with Gasteiger partial charge >= 0.3 is 29.8 Å². The maximum Gasteiger partial charge on any atom is 0.338 e. The highest BCUT2D eigenvalue weighted by Crippen LogP contribution is 2.41. The summed E-state index contributed by atoms with van der Waals surface area (Å²) in [7, 11) is 4.42. The molecule has 0 amide bonds. The second-order valence-electron chi connectivity index (χ2n) is 33.2. The molecule has 0 aliphatic rings. The SMILES string of the molecule is C.C.C.C.C.C.C.C.CCC(C)(CC(C)(C)C(=O)OCCCCCCOC(=O)c1ccc(N=Nc2ccc(N(C)C)cc2)cc1)C(=O)OCCCCCCOc1ccc(-c2ccc([N+](=O)[O-])cc2)cc1.CCC(C)(CC(C)(C)C(=O)OCCCCCCS(=O)(=O)c1ccc(N=Nc2ccc(N(C)C)cc2)cc1)C(=O)OCCCCCCOc1ccc(-c2ccc([N+](=O)[O-])cc2)cc1. The van der Waals surface area contributed by atoms with Crippen molar-refractivity contribution in [3.8, 4) is 33.8 Å². The van der Waals surface area contributed by atoms with E-state index in [1.807, 2.05) is 177 Å². The Morgan fingerprint density at radius 3 is 0.879 bits per heavy atom. The number of esters is 5. The number of carbonyl (C=O) groups excluding carboxylic acids is 5. The third kappa shape index (κ3) is 41.4. The summed E-state index contributed by atoms with van der Waals surface area (Å²) < 4.78 is 65.7. The Labute approximate surface area is 790 Å². The molecule has 8 rings (SSSR count). The predicted molar refractivity (Wildman–Crippen MR) is 538 cm³/mol. The van der Waals surface area contributed by atoms with E-state index in [2.05, 4.69) is 20.5 Å². The molecule has 0 bridgehead atoms. The van der Waals surface area contributed by atoms with Crippen molar-refractivity contribution in [2.24, 2.45) is 42.1 Å². The maximum atomic E-state index is 13.2. The van der Waals surface area contributed by atoms with Crippen LogP contribution in [0.25, 0.3) is 22.3 Å². The van der Waals surface area contributed by atoms with E-state index < -0.39 is 47.3 Å². The first-order valence-corrected chi connectivity index (χ1v) is 44.5. The molecule has 0 spiro atoms. The standard InChI is InChI=1S/C49H62N4O9.C48H62N4O9S.8CH4/c1-7-49(4,47(56)62-35-15-10-8-12-32-59-44-30-20-38(21-31-44)37-18-26-43(27-19-37)53(57)58)36-48(2,3)46(55)61-34-14-11-9-13-33-60-45(54)39-16-22-40(23-17-39)50-51-41-24-28-42(29-25-41)52(5)6;1-7-48(4,46(54)61-34-13-9-8-12-32-59-43-28-18-38(19-29-43)37-16-24-42(25-17-37)52(55)56)36-47(2,3)45(53)60-33-14-10-11-15-35-62(57,58)44-30-22-40(23-31-44)50-49-39-20-26-41(27-21-39)51(5)6;;;;;;;;/h2*16-31H,7-15,32-36H2,1-6H3;8*1H4. The lowest BCUT2D eigenvalue weighted by molar-refractivity contribution is -0.385. The Morgan fingerprint density at radius 2 is 0.591 bits per heavy atom. The number of hydrogen-bond acceptors (Lipinski definition) is 24. The second kappa shape index (κ2) is 61.8. The van der Waals surface area contributed by atoms with Gasteiger partial charge < -0.3 is 43.0 Å². The van der Waals surface area contributed by atoms with Crippen molar-refractivity contribution in [1.29, 1.82) is 0 Å². The van der Waals surface area contributed by atoms with E-state index >= 15 is 0 Å². The highest BCUT2D eigenvalue weighted by Gasteiger charge is 2.44. The van der Waals surface area contributed by atoms with Gasteiger partial charge in [-0.1, -0.05) is 110 Å². The lowest BCUT2D eigenvalue weighted by atomic mass is 9.72. The minimum absolute atomic E-state index is 0. The van der Waals surface area contributed by atoms with Gasteiger partial charge in [0.05, 0.1) is 117 Å². The van der Waals surface area contributed by atoms with Crippen LogP contribution < -0.4 is 19.3 Å². The fraction of sp³-hybridized carbons (Fsp3) is 0.495. The van der Waals surface area contributed by atoms with Crippen LogP contribution in [0.2, 0.25) is 0 Å². The van der Waals surface area contributed by atoms with Crippen LogP contribution in [0.15, 0.2) is 219 Å². The summed E-state index contributed by atoms with van der Waals surface area (Å²) >= 11 is 0. The molecule has 2 atom stereocenters. The number of nitro groups is 2. The number of non-ortho nitro benzene ring substituents is 2. The molecule has 0 saturated heterocycles. The second-order valence-corrected chi connectivity index (χ2v) is 35.3. The van der Waals surface area contributed by atoms with E-state index in [1.54, 1.807) is 86.6 Å². The van der Waals surface area contributed by atoms with Crippen molar-refractivity contribution in [3.05, 3.63) is 220 Å². The number of sulfone groups is 1. The van der Waals surface area contributed by atoms with E-state index in [0.717, 1.165) is 115 Å². The van der Waals surface area contributed by atoms with E-state index in [-0.39, 0.29) is 125 Å². The quantitative estimate of drug-likeness (QED) is 0.00853. The van der Waals surface area contributed by atoms with Crippen LogP contribution in [0, 0.1) is 41.9 Å². The number of unbranched alkanes of at least 4 members (excludes halogenated alkanes) is 12. The number of azo groups is 2. The Balaban J connectivity index is 0. The smallest absolute Gasteiger partial charge is 0.338 e. The molecule has 0 N–H and O–H groups in total. The average molecular weight is 1850 g/mol. The monoisotopic (exact) mass is 1850 g/mol. The van der Waals surface area contributed by atoms with Crippen LogP contribution in [-0.2, 0) is 52.7 Å². The molecule has 8 aromatic rings. The van der Waals surface area contributed by atoms with Gasteiger partial charge in [0, 0.05) is 63.8 Å². The minimum atomic E-state index is -3.46. The minimum Gasteiger partial charge on any atom is -0.494 e. The van der Waals surface area contributed by atoms with E-state index in [1.165, 1.54) is 24.3 Å². The largest absolute Gasteiger partial charge is 0.494 e. The Kier molecular flexibility index (Phi) is 57.3. The zero-order chi connectivity index (χ0) is 90.1. The highest BCUT2D eigenvalue weighted by atomic mass is 32.2. The molecule has 0 fully saturated rings. The lowest BCUT2D eigenvalue weighted by Gasteiger charge is -2.33. The summed E-state index contributed by atoms with van der Waals surface area (Å²) in [5.41, 5.74) is 5.55. The van der Waals surface area contributed by atoms with Crippen molar-refractivity contribution in [3.63, 3.8) is 0 Å². The normalized spacial score (nSPS) is 11.8. The Bertz CT molecular complexity index is 4840. The van der Waals surface area contributed by atoms with Gasteiger partial charge in [0.1, 0.15) is 11.5 Å². The van der Waals surface area contributed by atoms with Crippen LogP contribution in [-0.4, -0.2) is 128 Å². The van der Waals surface area contributed by atoms with Gasteiger partial charge in [-0.25, -0.2) is 13.2 Å². The molecule has 0 aliphatic carbocycles. The van der Waals surface area contributed by atoms with Gasteiger partial charge in [-0.3, -0.25) is 39.4 Å². The molecule has 730 valence electrons. The summed E-state index contributed by atoms with van der Waals surface area (Å²) in [6.45, 7) is 17.3. The van der Waals surface area contributed by atoms with Gasteiger partial charge in [-0.05, 0) is 325 Å². The molecule has 27 heteroatoms. The first kappa shape index (κ1) is 122. The molecule has 26 nitrogen and oxygen atoms in total. The number of hydrogen-bond donors (Lipinski definition) is 0. The van der Waals surface area contributed by atoms with Gasteiger partial charge in [0.2, 0.25) is 0 Å². The molecular formula is C105H156N8O18S. The molecule has 2 unspecified atom stereocenters. The summed E-state index contributed by atoms with van der Waals surface area (Å²) in [6.07, 6.45) is 13.9. The maximum absolute atomic E-state index is 13.2. The topological polar surface area (TPSA) is 326 Å². The first-order chi connectivity index (χ1) is 59.2. The zero-order valence-corrected chi connectivity index (χ0v) is 74.9. The summed E-state index contributed by atoms with van der Waals surface area (Å²) in [4.78, 5) is 90.3. The van der Waals surface area contributed by atoms with Crippen molar-refractivity contribution in [2.75, 3.05) is 90.0 Å². The van der Waals surface area contributed by atoms with E-state index in [9.17, 15) is 52.6 Å². The van der Waals surface area contributed by atoms with Crippen LogP contribution in [0.4, 0.5) is 45.5 Å². The molecule has 0 saturated carbocycles. The summed E-state index contributed by atoms with van der Waals surface area (Å²) in [5, 5.41) is 38.8. The number of nitrogens with zero attached hydrogens (tertiary/aromatic N) is 8. The van der Waals surface area contributed by atoms with Crippen molar-refractivity contribution in [2.45, 2.75) is 248 Å². The third-order valence-corrected chi connectivity index (χ3v) is 23.4. The van der Waals surface area contributed by atoms with Crippen LogP contribution in [0.1, 0.15) is 254 Å². The van der Waals surface area contributed by atoms with Crippen molar-refractivity contribution >= 4 is 85.2 Å². The number of carbonyl (C=O) groups is 5. The van der Waals surface area contributed by atoms with Crippen LogP contribution in [0.3, 0.4) is 0 Å². The first-order valence-electron chi connectivity index (χ1n) is 42.9. The summed E-state index contributed by atoms with van der Waals surface area (Å²) in [5.74, 6) is -0.206. The molecule has 0 radical (unpaired) electrons. The molecule has 0 heterocycles. The van der Waals surface area contributed by atoms with Crippen molar-refractivity contribution < 1.29 is 75.4 Å². The summed E-state index contributed by atoms with van der Waals surface area (Å²) in [6, 6.07) is 56.7. The average Bonchev–Trinajstić information content (AvgIpc) is 0.819. The molecule has 0 aromatic heterocycles. The van der Waals surface area contributed by atoms with Gasteiger partial charge in [-0.2, -0.15) is 20.5 Å². The van der Waals surface area contributed by atoms with Crippen molar-refractivity contribution in [1.82, 2.24) is 0 Å². The number of benzene rings is 8. The highest BCUT2D eigenvalue weighted by molar-refractivity contribution is 7.91. The van der Waals surface area contributed by atoms with Gasteiger partial charge in [0.15, 0.2) is 9.84 Å². The van der Waals surface area contributed by atoms with E-state index in [0.29, 0.717) is 113 Å². The number of rotatable bonds is 52. The Morgan fingerprint density at radius 1 is 0.333 bits per heavy atom. The Hall–Kier alpha value is -11.7. The van der Waals surface area contributed by atoms with Gasteiger partial charge in [-0.15, -0.1) is 0 Å². The van der Waals surface area contributed by atoms with Gasteiger partial charge in [0.25, 0.3) is 11.4 Å². The fourth-order valence-corrected chi connectivity index (χ4v) is 15.0. The fourth-order valence-electron chi connectivity index (χ4n) is 13.6. The predicted octanol–water partition coefficient (Wildman–Crippen LogP) is 28.7.